The molecule has 98 valence electrons. The van der Waals surface area contributed by atoms with Gasteiger partial charge in [0, 0.05) is 16.2 Å². The van der Waals surface area contributed by atoms with Crippen molar-refractivity contribution in [3.63, 3.8) is 0 Å². The maximum Gasteiger partial charge on any atom is 0.310 e. The summed E-state index contributed by atoms with van der Waals surface area (Å²) in [7, 11) is 0. The van der Waals surface area contributed by atoms with Crippen LogP contribution in [-0.4, -0.2) is 29.1 Å². The molecule has 0 bridgehead atoms. The van der Waals surface area contributed by atoms with E-state index in [2.05, 4.69) is 58.7 Å². The lowest BCUT2D eigenvalue weighted by atomic mass is 9.90. The van der Waals surface area contributed by atoms with Crippen molar-refractivity contribution < 1.29 is 9.90 Å². The van der Waals surface area contributed by atoms with Gasteiger partial charge >= 0.3 is 5.97 Å². The first kappa shape index (κ1) is 13.8. The predicted molar refractivity (Wildman–Crippen MR) is 79.5 cm³/mol. The number of benzene rings is 1. The lowest BCUT2D eigenvalue weighted by Gasteiger charge is -2.26. The van der Waals surface area contributed by atoms with E-state index >= 15 is 0 Å². The zero-order valence-corrected chi connectivity index (χ0v) is 12.8. The second kappa shape index (κ2) is 5.17. The summed E-state index contributed by atoms with van der Waals surface area (Å²) in [6.07, 6.45) is 0.733. The Bertz CT molecular complexity index is 446. The molecular weight excluding hydrogens is 341 g/mol. The van der Waals surface area contributed by atoms with Crippen molar-refractivity contribution in [2.45, 2.75) is 26.3 Å². The molecule has 0 aromatic heterocycles. The topological polar surface area (TPSA) is 40.5 Å². The van der Waals surface area contributed by atoms with Crippen molar-refractivity contribution in [3.05, 3.63) is 33.4 Å². The molecule has 0 aliphatic carbocycles. The number of carboxylic acid groups (broad SMARTS) is 1. The van der Waals surface area contributed by atoms with Crippen LogP contribution in [0.2, 0.25) is 0 Å². The number of hydrogen-bond acceptors (Lipinski definition) is 2. The third-order valence-electron chi connectivity index (χ3n) is 3.92. The number of aliphatic carboxylic acids is 1. The zero-order valence-electron chi connectivity index (χ0n) is 10.7. The van der Waals surface area contributed by atoms with E-state index in [1.165, 1.54) is 9.13 Å². The van der Waals surface area contributed by atoms with Crippen molar-refractivity contribution in [2.75, 3.05) is 13.1 Å². The Morgan fingerprint density at radius 3 is 2.56 bits per heavy atom. The lowest BCUT2D eigenvalue weighted by Crippen LogP contribution is -2.32. The Labute approximate surface area is 121 Å². The molecule has 18 heavy (non-hydrogen) atoms. The summed E-state index contributed by atoms with van der Waals surface area (Å²) < 4.78 is 1.22. The van der Waals surface area contributed by atoms with Gasteiger partial charge in [-0.15, -0.1) is 0 Å². The molecule has 1 heterocycles. The van der Waals surface area contributed by atoms with Gasteiger partial charge in [0.2, 0.25) is 0 Å². The number of nitrogens with zero attached hydrogens (tertiary/aromatic N) is 1. The lowest BCUT2D eigenvalue weighted by molar-refractivity contribution is -0.147. The largest absolute Gasteiger partial charge is 0.481 e. The molecule has 2 rings (SSSR count). The molecule has 1 aromatic rings. The summed E-state index contributed by atoms with van der Waals surface area (Å²) in [5.74, 6) is -0.681. The smallest absolute Gasteiger partial charge is 0.310 e. The van der Waals surface area contributed by atoms with Gasteiger partial charge in [0.15, 0.2) is 0 Å². The standard InChI is InChI=1S/C14H18INO2/c1-10(11-3-5-12(15)6-4-11)16-8-7-14(2,9-16)13(17)18/h3-6,10H,7-9H2,1-2H3,(H,17,18). The minimum Gasteiger partial charge on any atom is -0.481 e. The third kappa shape index (κ3) is 2.69. The quantitative estimate of drug-likeness (QED) is 0.843. The third-order valence-corrected chi connectivity index (χ3v) is 4.64. The highest BCUT2D eigenvalue weighted by molar-refractivity contribution is 14.1. The highest BCUT2D eigenvalue weighted by atomic mass is 127. The van der Waals surface area contributed by atoms with E-state index in [4.69, 9.17) is 0 Å². The summed E-state index contributed by atoms with van der Waals surface area (Å²) >= 11 is 2.29. The number of carboxylic acids is 1. The van der Waals surface area contributed by atoms with Crippen LogP contribution < -0.4 is 0 Å². The highest BCUT2D eigenvalue weighted by Crippen LogP contribution is 2.35. The second-order valence-electron chi connectivity index (χ2n) is 5.31. The zero-order chi connectivity index (χ0) is 13.3. The van der Waals surface area contributed by atoms with E-state index in [-0.39, 0.29) is 6.04 Å². The van der Waals surface area contributed by atoms with Crippen LogP contribution in [-0.2, 0) is 4.79 Å². The van der Waals surface area contributed by atoms with Crippen LogP contribution in [0.15, 0.2) is 24.3 Å². The van der Waals surface area contributed by atoms with E-state index in [9.17, 15) is 9.90 Å². The van der Waals surface area contributed by atoms with E-state index < -0.39 is 11.4 Å². The van der Waals surface area contributed by atoms with Crippen LogP contribution >= 0.6 is 22.6 Å². The first-order valence-electron chi connectivity index (χ1n) is 6.15. The Balaban J connectivity index is 2.10. The van der Waals surface area contributed by atoms with Gasteiger partial charge in [-0.05, 0) is 67.1 Å². The Hall–Kier alpha value is -0.620. The number of halogens is 1. The Kier molecular flexibility index (Phi) is 3.96. The molecular formula is C14H18INO2. The molecule has 0 amide bonds. The minimum atomic E-state index is -0.681. The molecule has 1 aromatic carbocycles. The highest BCUT2D eigenvalue weighted by Gasteiger charge is 2.41. The van der Waals surface area contributed by atoms with Gasteiger partial charge in [-0.1, -0.05) is 12.1 Å². The van der Waals surface area contributed by atoms with Gasteiger partial charge < -0.3 is 5.11 Å². The second-order valence-corrected chi connectivity index (χ2v) is 6.56. The van der Waals surface area contributed by atoms with Crippen molar-refractivity contribution in [2.24, 2.45) is 5.41 Å². The average molecular weight is 359 g/mol. The Morgan fingerprint density at radius 1 is 1.44 bits per heavy atom. The van der Waals surface area contributed by atoms with Crippen LogP contribution in [0.1, 0.15) is 31.9 Å². The molecule has 0 radical (unpaired) electrons. The maximum atomic E-state index is 11.2. The molecule has 1 aliphatic rings. The van der Waals surface area contributed by atoms with Crippen molar-refractivity contribution in [1.82, 2.24) is 4.90 Å². The fourth-order valence-electron chi connectivity index (χ4n) is 2.45. The number of rotatable bonds is 3. The SMILES string of the molecule is CC(c1ccc(I)cc1)N1CCC(C)(C(=O)O)C1. The molecule has 0 saturated carbocycles. The van der Waals surface area contributed by atoms with Gasteiger partial charge in [-0.2, -0.15) is 0 Å². The summed E-state index contributed by atoms with van der Waals surface area (Å²) in [6, 6.07) is 8.73. The van der Waals surface area contributed by atoms with Crippen LogP contribution in [0.5, 0.6) is 0 Å². The average Bonchev–Trinajstić information content (AvgIpc) is 2.73. The first-order chi connectivity index (χ1) is 8.42. The Morgan fingerprint density at radius 2 is 2.06 bits per heavy atom. The number of carbonyl (C=O) groups is 1. The van der Waals surface area contributed by atoms with Crippen LogP contribution in [0, 0.1) is 8.99 Å². The number of likely N-dealkylation sites (tertiary alicyclic amines) is 1. The van der Waals surface area contributed by atoms with E-state index in [0.29, 0.717) is 6.54 Å². The predicted octanol–water partition coefficient (Wildman–Crippen LogP) is 3.15. The van der Waals surface area contributed by atoms with Crippen LogP contribution in [0.3, 0.4) is 0 Å². The van der Waals surface area contributed by atoms with Gasteiger partial charge in [0.05, 0.1) is 5.41 Å². The van der Waals surface area contributed by atoms with Gasteiger partial charge in [0.25, 0.3) is 0 Å². The summed E-state index contributed by atoms with van der Waals surface area (Å²) in [5.41, 5.74) is 0.669. The van der Waals surface area contributed by atoms with Crippen LogP contribution in [0.4, 0.5) is 0 Å². The van der Waals surface area contributed by atoms with Crippen LogP contribution in [0.25, 0.3) is 0 Å². The summed E-state index contributed by atoms with van der Waals surface area (Å²) in [5, 5.41) is 9.25. The molecule has 1 fully saturated rings. The maximum absolute atomic E-state index is 11.2. The summed E-state index contributed by atoms with van der Waals surface area (Å²) in [4.78, 5) is 13.5. The normalized spacial score (nSPS) is 26.2. The van der Waals surface area contributed by atoms with Crippen molar-refractivity contribution >= 4 is 28.6 Å². The van der Waals surface area contributed by atoms with Gasteiger partial charge in [-0.3, -0.25) is 9.69 Å². The van der Waals surface area contributed by atoms with Gasteiger partial charge in [-0.25, -0.2) is 0 Å². The molecule has 3 nitrogen and oxygen atoms in total. The first-order valence-corrected chi connectivity index (χ1v) is 7.23. The fourth-order valence-corrected chi connectivity index (χ4v) is 2.81. The van der Waals surface area contributed by atoms with E-state index in [1.54, 1.807) is 0 Å². The molecule has 1 saturated heterocycles. The van der Waals surface area contributed by atoms with Crippen molar-refractivity contribution in [1.29, 1.82) is 0 Å². The minimum absolute atomic E-state index is 0.281. The molecule has 1 aliphatic heterocycles. The molecule has 1 N–H and O–H groups in total. The monoisotopic (exact) mass is 359 g/mol. The molecule has 2 unspecified atom stereocenters. The van der Waals surface area contributed by atoms with Gasteiger partial charge in [0.1, 0.15) is 0 Å². The fraction of sp³-hybridized carbons (Fsp3) is 0.500. The molecule has 0 spiro atoms. The molecule has 4 heteroatoms. The van der Waals surface area contributed by atoms with Crippen molar-refractivity contribution in [3.8, 4) is 0 Å². The van der Waals surface area contributed by atoms with E-state index in [1.807, 2.05) is 6.92 Å². The molecule has 2 atom stereocenters. The number of hydrogen-bond donors (Lipinski definition) is 1. The van der Waals surface area contributed by atoms with E-state index in [0.717, 1.165) is 13.0 Å². The summed E-state index contributed by atoms with van der Waals surface area (Å²) in [6.45, 7) is 5.48.